The Kier molecular flexibility index (Phi) is 4.73. The number of amides is 1. The van der Waals surface area contributed by atoms with Crippen LogP contribution in [0.3, 0.4) is 0 Å². The number of hydrogen-bond donors (Lipinski definition) is 1. The average molecular weight is 335 g/mol. The second-order valence-corrected chi connectivity index (χ2v) is 8.52. The molecular weight excluding hydrogens is 306 g/mol. The molecule has 25 heavy (non-hydrogen) atoms. The summed E-state index contributed by atoms with van der Waals surface area (Å²) in [6.45, 7) is 10.1. The summed E-state index contributed by atoms with van der Waals surface area (Å²) in [5.41, 5.74) is 5.48. The van der Waals surface area contributed by atoms with E-state index >= 15 is 0 Å². The molecule has 1 N–H and O–H groups in total. The summed E-state index contributed by atoms with van der Waals surface area (Å²) in [6.07, 6.45) is 3.32. The van der Waals surface area contributed by atoms with Gasteiger partial charge in [0.1, 0.15) is 0 Å². The van der Waals surface area contributed by atoms with Crippen LogP contribution in [0.15, 0.2) is 48.5 Å². The van der Waals surface area contributed by atoms with E-state index in [4.69, 9.17) is 0 Å². The third kappa shape index (κ3) is 3.78. The lowest BCUT2D eigenvalue weighted by Crippen LogP contribution is -2.34. The van der Waals surface area contributed by atoms with Crippen molar-refractivity contribution < 1.29 is 4.79 Å². The standard InChI is InChI=1S/C23H29NO/c1-22(2)13-14-23(3,4)20-16-17(10-11-19(20)22)12-15-24-21(25)18-8-6-5-7-9-18/h5-11,16H,12-15H2,1-4H3,(H,24,25). The van der Waals surface area contributed by atoms with Crippen molar-refractivity contribution in [2.24, 2.45) is 0 Å². The maximum atomic E-state index is 12.1. The highest BCUT2D eigenvalue weighted by atomic mass is 16.1. The van der Waals surface area contributed by atoms with E-state index < -0.39 is 0 Å². The predicted octanol–water partition coefficient (Wildman–Crippen LogP) is 5.01. The molecule has 0 heterocycles. The largest absolute Gasteiger partial charge is 0.352 e. The summed E-state index contributed by atoms with van der Waals surface area (Å²) in [5, 5.41) is 3.03. The molecule has 0 spiro atoms. The van der Waals surface area contributed by atoms with Crippen molar-refractivity contribution in [1.29, 1.82) is 0 Å². The van der Waals surface area contributed by atoms with E-state index in [1.807, 2.05) is 30.3 Å². The third-order valence-electron chi connectivity index (χ3n) is 5.65. The van der Waals surface area contributed by atoms with Crippen LogP contribution in [0.2, 0.25) is 0 Å². The predicted molar refractivity (Wildman–Crippen MR) is 104 cm³/mol. The van der Waals surface area contributed by atoms with Gasteiger partial charge in [0, 0.05) is 12.1 Å². The van der Waals surface area contributed by atoms with Crippen LogP contribution in [0.4, 0.5) is 0 Å². The van der Waals surface area contributed by atoms with Crippen LogP contribution in [0.5, 0.6) is 0 Å². The van der Waals surface area contributed by atoms with E-state index in [0.29, 0.717) is 6.54 Å². The number of fused-ring (bicyclic) bond motifs is 1. The van der Waals surface area contributed by atoms with Gasteiger partial charge in [0.25, 0.3) is 5.91 Å². The van der Waals surface area contributed by atoms with Crippen molar-refractivity contribution in [3.8, 4) is 0 Å². The van der Waals surface area contributed by atoms with E-state index in [1.165, 1.54) is 29.5 Å². The van der Waals surface area contributed by atoms with Crippen molar-refractivity contribution in [3.05, 3.63) is 70.8 Å². The molecule has 2 heteroatoms. The first-order valence-corrected chi connectivity index (χ1v) is 9.27. The number of carbonyl (C=O) groups is 1. The number of benzene rings is 2. The molecule has 0 aliphatic heterocycles. The SMILES string of the molecule is CC1(C)CCC(C)(C)c2cc(CCNC(=O)c3ccccc3)ccc21. The first-order valence-electron chi connectivity index (χ1n) is 9.27. The minimum atomic E-state index is 0.0000215. The number of carbonyl (C=O) groups excluding carboxylic acids is 1. The van der Waals surface area contributed by atoms with Crippen LogP contribution in [0, 0.1) is 0 Å². The summed E-state index contributed by atoms with van der Waals surface area (Å²) in [4.78, 5) is 12.1. The summed E-state index contributed by atoms with van der Waals surface area (Å²) < 4.78 is 0. The zero-order chi connectivity index (χ0) is 18.1. The second kappa shape index (κ2) is 6.67. The van der Waals surface area contributed by atoms with Gasteiger partial charge < -0.3 is 5.32 Å². The highest BCUT2D eigenvalue weighted by Gasteiger charge is 2.36. The maximum Gasteiger partial charge on any atom is 0.251 e. The molecule has 2 nitrogen and oxygen atoms in total. The van der Waals surface area contributed by atoms with E-state index in [9.17, 15) is 4.79 Å². The van der Waals surface area contributed by atoms with Gasteiger partial charge in [0.15, 0.2) is 0 Å². The Morgan fingerprint density at radius 2 is 1.56 bits per heavy atom. The molecule has 1 amide bonds. The molecule has 2 aromatic rings. The normalized spacial score (nSPS) is 17.6. The molecule has 3 rings (SSSR count). The maximum absolute atomic E-state index is 12.1. The average Bonchev–Trinajstić information content (AvgIpc) is 2.60. The van der Waals surface area contributed by atoms with Gasteiger partial charge >= 0.3 is 0 Å². The van der Waals surface area contributed by atoms with Gasteiger partial charge in [-0.2, -0.15) is 0 Å². The lowest BCUT2D eigenvalue weighted by molar-refractivity contribution is 0.0954. The Bertz CT molecular complexity index is 759. The van der Waals surface area contributed by atoms with Crippen molar-refractivity contribution in [2.75, 3.05) is 6.54 Å². The van der Waals surface area contributed by atoms with Crippen molar-refractivity contribution >= 4 is 5.91 Å². The first kappa shape index (κ1) is 17.7. The van der Waals surface area contributed by atoms with Crippen LogP contribution < -0.4 is 5.32 Å². The zero-order valence-corrected chi connectivity index (χ0v) is 15.9. The Labute approximate surface area is 151 Å². The Balaban J connectivity index is 1.69. The van der Waals surface area contributed by atoms with Crippen LogP contribution in [-0.2, 0) is 17.3 Å². The highest BCUT2D eigenvalue weighted by molar-refractivity contribution is 5.94. The molecular formula is C23H29NO. The molecule has 0 atom stereocenters. The molecule has 0 fully saturated rings. The van der Waals surface area contributed by atoms with Gasteiger partial charge in [-0.15, -0.1) is 0 Å². The molecule has 0 saturated carbocycles. The summed E-state index contributed by atoms with van der Waals surface area (Å²) in [5.74, 6) is 0.0000215. The van der Waals surface area contributed by atoms with E-state index in [2.05, 4.69) is 51.2 Å². The van der Waals surface area contributed by atoms with Crippen LogP contribution in [0.1, 0.15) is 67.6 Å². The van der Waals surface area contributed by atoms with Gasteiger partial charge in [-0.25, -0.2) is 0 Å². The summed E-state index contributed by atoms with van der Waals surface area (Å²) in [6, 6.07) is 16.3. The zero-order valence-electron chi connectivity index (χ0n) is 15.9. The van der Waals surface area contributed by atoms with E-state index in [1.54, 1.807) is 0 Å². The molecule has 0 saturated heterocycles. The summed E-state index contributed by atoms with van der Waals surface area (Å²) >= 11 is 0. The minimum Gasteiger partial charge on any atom is -0.352 e. The number of rotatable bonds is 4. The second-order valence-electron chi connectivity index (χ2n) is 8.52. The third-order valence-corrected chi connectivity index (χ3v) is 5.65. The molecule has 1 aliphatic rings. The van der Waals surface area contributed by atoms with E-state index in [-0.39, 0.29) is 16.7 Å². The quantitative estimate of drug-likeness (QED) is 0.836. The molecule has 0 aromatic heterocycles. The molecule has 1 aliphatic carbocycles. The lowest BCUT2D eigenvalue weighted by atomic mass is 9.63. The fraction of sp³-hybridized carbons (Fsp3) is 0.435. The Hall–Kier alpha value is -2.09. The fourth-order valence-electron chi connectivity index (χ4n) is 3.80. The molecule has 0 unspecified atom stereocenters. The van der Waals surface area contributed by atoms with Gasteiger partial charge in [0.05, 0.1) is 0 Å². The van der Waals surface area contributed by atoms with E-state index in [0.717, 1.165) is 12.0 Å². The van der Waals surface area contributed by atoms with Crippen molar-refractivity contribution in [2.45, 2.75) is 57.8 Å². The lowest BCUT2D eigenvalue weighted by Gasteiger charge is -2.42. The van der Waals surface area contributed by atoms with Gasteiger partial charge in [-0.05, 0) is 58.9 Å². The fourth-order valence-corrected chi connectivity index (χ4v) is 3.80. The Morgan fingerprint density at radius 1 is 0.920 bits per heavy atom. The van der Waals surface area contributed by atoms with Crippen LogP contribution in [-0.4, -0.2) is 12.5 Å². The molecule has 0 radical (unpaired) electrons. The Morgan fingerprint density at radius 3 is 2.24 bits per heavy atom. The van der Waals surface area contributed by atoms with Gasteiger partial charge in [-0.3, -0.25) is 4.79 Å². The smallest absolute Gasteiger partial charge is 0.251 e. The van der Waals surface area contributed by atoms with Gasteiger partial charge in [-0.1, -0.05) is 64.1 Å². The van der Waals surface area contributed by atoms with Crippen molar-refractivity contribution in [1.82, 2.24) is 5.32 Å². The first-order chi connectivity index (χ1) is 11.8. The monoisotopic (exact) mass is 335 g/mol. The molecule has 2 aromatic carbocycles. The number of hydrogen-bond acceptors (Lipinski definition) is 1. The van der Waals surface area contributed by atoms with Crippen LogP contribution in [0.25, 0.3) is 0 Å². The molecule has 132 valence electrons. The minimum absolute atomic E-state index is 0.0000215. The van der Waals surface area contributed by atoms with Crippen LogP contribution >= 0.6 is 0 Å². The van der Waals surface area contributed by atoms with Gasteiger partial charge in [0.2, 0.25) is 0 Å². The number of nitrogens with one attached hydrogen (secondary N) is 1. The summed E-state index contributed by atoms with van der Waals surface area (Å²) in [7, 11) is 0. The topological polar surface area (TPSA) is 29.1 Å². The van der Waals surface area contributed by atoms with Crippen molar-refractivity contribution in [3.63, 3.8) is 0 Å². The molecule has 0 bridgehead atoms. The highest BCUT2D eigenvalue weighted by Crippen LogP contribution is 2.45.